The average molecular weight is 391 g/mol. The molecule has 0 saturated heterocycles. The number of hydrogen-bond acceptors (Lipinski definition) is 6. The highest BCUT2D eigenvalue weighted by molar-refractivity contribution is 7.99. The van der Waals surface area contributed by atoms with E-state index in [0.29, 0.717) is 19.0 Å². The van der Waals surface area contributed by atoms with Gasteiger partial charge in [0, 0.05) is 19.0 Å². The molecule has 0 unspecified atom stereocenters. The number of carbonyl (C=O) groups is 1. The number of amides is 1. The average Bonchev–Trinajstić information content (AvgIpc) is 3.30. The molecule has 2 N–H and O–H groups in total. The van der Waals surface area contributed by atoms with E-state index in [1.54, 1.807) is 11.8 Å². The lowest BCUT2D eigenvalue weighted by Gasteiger charge is -2.12. The van der Waals surface area contributed by atoms with E-state index in [1.807, 2.05) is 10.9 Å². The Bertz CT molecular complexity index is 769. The van der Waals surface area contributed by atoms with Gasteiger partial charge in [-0.05, 0) is 24.5 Å². The molecule has 0 spiro atoms. The number of aromatic nitrogens is 4. The minimum atomic E-state index is 0.181. The summed E-state index contributed by atoms with van der Waals surface area (Å²) in [4.78, 5) is 21.5. The van der Waals surface area contributed by atoms with Gasteiger partial charge in [-0.25, -0.2) is 14.6 Å². The molecule has 8 heteroatoms. The maximum Gasteiger partial charge on any atom is 0.223 e. The fraction of sp³-hybridized carbons (Fsp3) is 0.684. The number of fused-ring (bicyclic) bond motifs is 1. The van der Waals surface area contributed by atoms with Crippen LogP contribution in [0.1, 0.15) is 46.5 Å². The second-order valence-corrected chi connectivity index (χ2v) is 8.67. The van der Waals surface area contributed by atoms with Crippen LogP contribution >= 0.6 is 11.8 Å². The maximum atomic E-state index is 12.2. The van der Waals surface area contributed by atoms with Gasteiger partial charge in [0.15, 0.2) is 10.8 Å². The highest BCUT2D eigenvalue weighted by Crippen LogP contribution is 2.25. The van der Waals surface area contributed by atoms with Crippen LogP contribution in [0.15, 0.2) is 11.4 Å². The highest BCUT2D eigenvalue weighted by Gasteiger charge is 2.22. The van der Waals surface area contributed by atoms with Crippen LogP contribution in [0.2, 0.25) is 0 Å². The minimum Gasteiger partial charge on any atom is -0.369 e. The summed E-state index contributed by atoms with van der Waals surface area (Å²) in [6.07, 6.45) is 6.20. The lowest BCUT2D eigenvalue weighted by molar-refractivity contribution is -0.124. The topological polar surface area (TPSA) is 84.7 Å². The maximum absolute atomic E-state index is 12.2. The van der Waals surface area contributed by atoms with E-state index in [1.165, 1.54) is 12.8 Å². The fourth-order valence-corrected chi connectivity index (χ4v) is 3.91. The molecule has 2 aromatic heterocycles. The molecule has 27 heavy (non-hydrogen) atoms. The number of hydrogen-bond donors (Lipinski definition) is 2. The summed E-state index contributed by atoms with van der Waals surface area (Å²) in [5, 5.41) is 12.7. The highest BCUT2D eigenvalue weighted by atomic mass is 32.2. The molecule has 2 heterocycles. The van der Waals surface area contributed by atoms with Crippen LogP contribution in [0.4, 0.5) is 5.82 Å². The number of nitrogens with one attached hydrogen (secondary N) is 2. The van der Waals surface area contributed by atoms with Crippen molar-refractivity contribution in [2.24, 2.45) is 11.8 Å². The van der Waals surface area contributed by atoms with E-state index in [0.717, 1.165) is 47.1 Å². The SMILES string of the molecule is CCSc1nc(NCC(C)C)c2cnn(CCNC(=O)C3CCCC3)c2n1. The third-order valence-electron chi connectivity index (χ3n) is 4.78. The molecule has 1 aliphatic rings. The molecule has 2 aromatic rings. The first-order chi connectivity index (χ1) is 13.1. The zero-order valence-electron chi connectivity index (χ0n) is 16.5. The summed E-state index contributed by atoms with van der Waals surface area (Å²) in [6.45, 7) is 8.47. The Morgan fingerprint density at radius 2 is 2.11 bits per heavy atom. The second kappa shape index (κ2) is 9.39. The van der Waals surface area contributed by atoms with E-state index >= 15 is 0 Å². The Morgan fingerprint density at radius 1 is 1.33 bits per heavy atom. The summed E-state index contributed by atoms with van der Waals surface area (Å²) in [5.41, 5.74) is 0.822. The lowest BCUT2D eigenvalue weighted by Crippen LogP contribution is -2.32. The monoisotopic (exact) mass is 390 g/mol. The summed E-state index contributed by atoms with van der Waals surface area (Å²) in [7, 11) is 0. The minimum absolute atomic E-state index is 0.181. The smallest absolute Gasteiger partial charge is 0.223 e. The van der Waals surface area contributed by atoms with Gasteiger partial charge in [-0.2, -0.15) is 5.10 Å². The molecule has 0 bridgehead atoms. The molecule has 0 aliphatic heterocycles. The van der Waals surface area contributed by atoms with E-state index in [9.17, 15) is 4.79 Å². The molecule has 1 saturated carbocycles. The van der Waals surface area contributed by atoms with Crippen molar-refractivity contribution in [2.75, 3.05) is 24.2 Å². The van der Waals surface area contributed by atoms with Gasteiger partial charge in [0.1, 0.15) is 5.82 Å². The number of carbonyl (C=O) groups excluding carboxylic acids is 1. The molecular formula is C19H30N6OS. The normalized spacial score (nSPS) is 15.0. The standard InChI is InChI=1S/C19H30N6OS/c1-4-27-19-23-16(21-11-13(2)3)15-12-22-25(17(15)24-19)10-9-20-18(26)14-7-5-6-8-14/h12-14H,4-11H2,1-3H3,(H,20,26)(H,21,23,24). The lowest BCUT2D eigenvalue weighted by atomic mass is 10.1. The van der Waals surface area contributed by atoms with Crippen molar-refractivity contribution in [1.29, 1.82) is 0 Å². The van der Waals surface area contributed by atoms with Crippen molar-refractivity contribution in [1.82, 2.24) is 25.1 Å². The zero-order valence-corrected chi connectivity index (χ0v) is 17.3. The van der Waals surface area contributed by atoms with E-state index in [4.69, 9.17) is 0 Å². The number of rotatable bonds is 9. The first-order valence-electron chi connectivity index (χ1n) is 9.96. The molecule has 0 radical (unpaired) electrons. The van der Waals surface area contributed by atoms with Crippen LogP contribution in [0.5, 0.6) is 0 Å². The quantitative estimate of drug-likeness (QED) is 0.505. The van der Waals surface area contributed by atoms with Gasteiger partial charge in [0.25, 0.3) is 0 Å². The van der Waals surface area contributed by atoms with E-state index < -0.39 is 0 Å². The van der Waals surface area contributed by atoms with Crippen LogP contribution in [0.25, 0.3) is 11.0 Å². The van der Waals surface area contributed by atoms with Crippen molar-refractivity contribution >= 4 is 34.5 Å². The van der Waals surface area contributed by atoms with Crippen LogP contribution in [0.3, 0.4) is 0 Å². The number of anilines is 1. The largest absolute Gasteiger partial charge is 0.369 e. The van der Waals surface area contributed by atoms with Gasteiger partial charge in [0.05, 0.1) is 18.1 Å². The van der Waals surface area contributed by atoms with Gasteiger partial charge in [-0.1, -0.05) is 45.4 Å². The second-order valence-electron chi connectivity index (χ2n) is 7.44. The van der Waals surface area contributed by atoms with Crippen LogP contribution in [-0.2, 0) is 11.3 Å². The first-order valence-corrected chi connectivity index (χ1v) is 10.9. The third kappa shape index (κ3) is 5.12. The Hall–Kier alpha value is -1.83. The first kappa shape index (κ1) is 19.9. The molecule has 148 valence electrons. The number of thioether (sulfide) groups is 1. The molecule has 1 amide bonds. The summed E-state index contributed by atoms with van der Waals surface area (Å²) in [6, 6.07) is 0. The zero-order chi connectivity index (χ0) is 19.2. The Labute approximate surface area is 165 Å². The fourth-order valence-electron chi connectivity index (χ4n) is 3.35. The summed E-state index contributed by atoms with van der Waals surface area (Å²) >= 11 is 1.62. The van der Waals surface area contributed by atoms with Crippen molar-refractivity contribution in [3.05, 3.63) is 6.20 Å². The molecule has 3 rings (SSSR count). The summed E-state index contributed by atoms with van der Waals surface area (Å²) < 4.78 is 1.87. The van der Waals surface area contributed by atoms with E-state index in [-0.39, 0.29) is 11.8 Å². The van der Waals surface area contributed by atoms with Crippen molar-refractivity contribution in [3.8, 4) is 0 Å². The van der Waals surface area contributed by atoms with Crippen molar-refractivity contribution in [2.45, 2.75) is 58.2 Å². The van der Waals surface area contributed by atoms with Crippen molar-refractivity contribution < 1.29 is 4.79 Å². The third-order valence-corrected chi connectivity index (χ3v) is 5.51. The molecule has 1 aliphatic carbocycles. The molecular weight excluding hydrogens is 360 g/mol. The Morgan fingerprint density at radius 3 is 2.81 bits per heavy atom. The summed E-state index contributed by atoms with van der Waals surface area (Å²) in [5.74, 6) is 2.66. The van der Waals surface area contributed by atoms with Gasteiger partial charge < -0.3 is 10.6 Å². The van der Waals surface area contributed by atoms with Crippen LogP contribution in [0, 0.1) is 11.8 Å². The predicted octanol–water partition coefficient (Wildman–Crippen LogP) is 3.31. The van der Waals surface area contributed by atoms with Gasteiger partial charge in [0.2, 0.25) is 5.91 Å². The van der Waals surface area contributed by atoms with Gasteiger partial charge in [-0.3, -0.25) is 4.79 Å². The van der Waals surface area contributed by atoms with Crippen molar-refractivity contribution in [3.63, 3.8) is 0 Å². The Kier molecular flexibility index (Phi) is 6.93. The molecule has 0 aromatic carbocycles. The predicted molar refractivity (Wildman–Crippen MR) is 110 cm³/mol. The van der Waals surface area contributed by atoms with Gasteiger partial charge >= 0.3 is 0 Å². The van der Waals surface area contributed by atoms with Crippen LogP contribution in [-0.4, -0.2) is 44.5 Å². The molecule has 0 atom stereocenters. The van der Waals surface area contributed by atoms with Crippen LogP contribution < -0.4 is 10.6 Å². The molecule has 7 nitrogen and oxygen atoms in total. The van der Waals surface area contributed by atoms with Gasteiger partial charge in [-0.15, -0.1) is 0 Å². The number of nitrogens with zero attached hydrogens (tertiary/aromatic N) is 4. The molecule has 1 fully saturated rings. The Balaban J connectivity index is 1.71. The van der Waals surface area contributed by atoms with E-state index in [2.05, 4.69) is 46.5 Å².